The third-order valence-electron chi connectivity index (χ3n) is 6.43. The van der Waals surface area contributed by atoms with Crippen molar-refractivity contribution in [3.63, 3.8) is 0 Å². The van der Waals surface area contributed by atoms with Gasteiger partial charge >= 0.3 is 0 Å². The first-order valence-electron chi connectivity index (χ1n) is 14.1. The average molecular weight is 583 g/mol. The van der Waals surface area contributed by atoms with Crippen LogP contribution in [0.15, 0.2) is 48.5 Å². The maximum absolute atomic E-state index is 13.3. The van der Waals surface area contributed by atoms with Gasteiger partial charge in [-0.05, 0) is 70.4 Å². The van der Waals surface area contributed by atoms with Crippen molar-refractivity contribution in [3.8, 4) is 11.5 Å². The molecule has 3 rings (SSSR count). The second kappa shape index (κ2) is 15.2. The molecule has 11 nitrogen and oxygen atoms in total. The van der Waals surface area contributed by atoms with Gasteiger partial charge in [-0.25, -0.2) is 0 Å². The first-order valence-corrected chi connectivity index (χ1v) is 14.1. The maximum Gasteiger partial charge on any atom is 0.255 e. The van der Waals surface area contributed by atoms with Gasteiger partial charge in [-0.3, -0.25) is 19.2 Å². The molecule has 4 amide bonds. The van der Waals surface area contributed by atoms with E-state index in [1.165, 1.54) is 0 Å². The molecule has 0 aromatic heterocycles. The van der Waals surface area contributed by atoms with Crippen LogP contribution in [0.25, 0.3) is 0 Å². The molecule has 1 aliphatic rings. The summed E-state index contributed by atoms with van der Waals surface area (Å²) in [6.45, 7) is 7.60. The Hall–Kier alpha value is -4.12. The zero-order valence-electron chi connectivity index (χ0n) is 25.0. The molecule has 0 fully saturated rings. The Morgan fingerprint density at radius 2 is 1.81 bits per heavy atom. The van der Waals surface area contributed by atoms with Gasteiger partial charge in [0.1, 0.15) is 30.2 Å². The molecule has 0 aliphatic carbocycles. The SMILES string of the molecule is COc1cccc(CCCNC(=O)[C@@H]2CC(=O)N[C@@H](COC(C)(C)C)C(=O)N[C@H](C)COc3ccccc3C(=O)N2)c1. The minimum absolute atomic E-state index is 0.0774. The summed E-state index contributed by atoms with van der Waals surface area (Å²) in [5.41, 5.74) is 0.715. The van der Waals surface area contributed by atoms with Crippen LogP contribution in [0.1, 0.15) is 56.5 Å². The van der Waals surface area contributed by atoms with Crippen molar-refractivity contribution in [2.24, 2.45) is 0 Å². The van der Waals surface area contributed by atoms with E-state index in [1.807, 2.05) is 45.0 Å². The minimum Gasteiger partial charge on any atom is -0.497 e. The number of aryl methyl sites for hydroxylation is 1. The van der Waals surface area contributed by atoms with E-state index in [9.17, 15) is 19.2 Å². The molecule has 0 bridgehead atoms. The summed E-state index contributed by atoms with van der Waals surface area (Å²) in [5.74, 6) is -1.06. The van der Waals surface area contributed by atoms with Gasteiger partial charge in [-0.1, -0.05) is 24.3 Å². The standard InChI is InChI=1S/C31H42N4O7/c1-20-18-41-26-14-7-6-13-23(26)28(37)35-24(17-27(36)34-25(30(39)33-20)19-42-31(2,3)4)29(38)32-15-9-11-21-10-8-12-22(16-21)40-5/h6-8,10,12-14,16,20,24-25H,9,11,15,17-19H2,1-5H3,(H,32,38)(H,33,39)(H,34,36)(H,35,37)/t20-,24+,25+/m1/s1. The summed E-state index contributed by atoms with van der Waals surface area (Å²) in [6.07, 6.45) is 0.945. The number of para-hydroxylation sites is 1. The van der Waals surface area contributed by atoms with Crippen LogP contribution >= 0.6 is 0 Å². The molecule has 42 heavy (non-hydrogen) atoms. The first-order chi connectivity index (χ1) is 19.9. The van der Waals surface area contributed by atoms with E-state index in [4.69, 9.17) is 14.2 Å². The summed E-state index contributed by atoms with van der Waals surface area (Å²) >= 11 is 0. The van der Waals surface area contributed by atoms with Gasteiger partial charge in [0.05, 0.1) is 37.3 Å². The number of amides is 4. The molecular weight excluding hydrogens is 540 g/mol. The van der Waals surface area contributed by atoms with E-state index in [2.05, 4.69) is 21.3 Å². The van der Waals surface area contributed by atoms with Gasteiger partial charge in [0.25, 0.3) is 5.91 Å². The molecule has 2 aromatic rings. The summed E-state index contributed by atoms with van der Waals surface area (Å²) in [4.78, 5) is 52.7. The summed E-state index contributed by atoms with van der Waals surface area (Å²) in [6, 6.07) is 11.6. The lowest BCUT2D eigenvalue weighted by atomic mass is 10.1. The number of rotatable bonds is 8. The Kier molecular flexibility index (Phi) is 11.7. The van der Waals surface area contributed by atoms with Crippen LogP contribution in [0.2, 0.25) is 0 Å². The zero-order valence-corrected chi connectivity index (χ0v) is 25.0. The number of hydrogen-bond acceptors (Lipinski definition) is 7. The zero-order chi connectivity index (χ0) is 30.7. The summed E-state index contributed by atoms with van der Waals surface area (Å²) in [7, 11) is 1.60. The Bertz CT molecular complexity index is 1240. The second-order valence-electron chi connectivity index (χ2n) is 11.2. The second-order valence-corrected chi connectivity index (χ2v) is 11.2. The third kappa shape index (κ3) is 10.4. The van der Waals surface area contributed by atoms with Gasteiger partial charge in [0, 0.05) is 6.54 Å². The molecule has 1 aliphatic heterocycles. The predicted octanol–water partition coefficient (Wildman–Crippen LogP) is 2.13. The highest BCUT2D eigenvalue weighted by atomic mass is 16.5. The number of hydrogen-bond donors (Lipinski definition) is 4. The molecular formula is C31H42N4O7. The number of ether oxygens (including phenoxy) is 3. The van der Waals surface area contributed by atoms with Gasteiger partial charge in [0.15, 0.2) is 0 Å². The van der Waals surface area contributed by atoms with Crippen LogP contribution in [0.5, 0.6) is 11.5 Å². The lowest BCUT2D eigenvalue weighted by molar-refractivity contribution is -0.134. The number of benzene rings is 2. The molecule has 4 N–H and O–H groups in total. The van der Waals surface area contributed by atoms with Crippen LogP contribution in [-0.2, 0) is 25.5 Å². The molecule has 3 atom stereocenters. The molecule has 228 valence electrons. The van der Waals surface area contributed by atoms with E-state index < -0.39 is 47.4 Å². The summed E-state index contributed by atoms with van der Waals surface area (Å²) in [5, 5.41) is 11.0. The van der Waals surface area contributed by atoms with Gasteiger partial charge in [-0.2, -0.15) is 0 Å². The Labute approximate surface area is 247 Å². The molecule has 2 aromatic carbocycles. The van der Waals surface area contributed by atoms with Crippen LogP contribution in [0, 0.1) is 0 Å². The monoisotopic (exact) mass is 582 g/mol. The Morgan fingerprint density at radius 1 is 1.05 bits per heavy atom. The molecule has 0 saturated heterocycles. The van der Waals surface area contributed by atoms with E-state index in [0.717, 1.165) is 11.3 Å². The highest BCUT2D eigenvalue weighted by Gasteiger charge is 2.30. The predicted molar refractivity (Wildman–Crippen MR) is 157 cm³/mol. The topological polar surface area (TPSA) is 144 Å². The highest BCUT2D eigenvalue weighted by Crippen LogP contribution is 2.19. The van der Waals surface area contributed by atoms with Crippen molar-refractivity contribution >= 4 is 23.6 Å². The van der Waals surface area contributed by atoms with E-state index in [-0.39, 0.29) is 25.2 Å². The van der Waals surface area contributed by atoms with Crippen molar-refractivity contribution < 1.29 is 33.4 Å². The normalized spacial score (nSPS) is 20.1. The molecule has 0 radical (unpaired) electrons. The quantitative estimate of drug-likeness (QED) is 0.349. The Morgan fingerprint density at radius 3 is 2.55 bits per heavy atom. The number of carbonyl (C=O) groups excluding carboxylic acids is 4. The molecule has 1 heterocycles. The van der Waals surface area contributed by atoms with Crippen LogP contribution < -0.4 is 30.7 Å². The number of nitrogens with one attached hydrogen (secondary N) is 4. The third-order valence-corrected chi connectivity index (χ3v) is 6.43. The van der Waals surface area contributed by atoms with E-state index in [0.29, 0.717) is 25.1 Å². The highest BCUT2D eigenvalue weighted by molar-refractivity contribution is 6.01. The average Bonchev–Trinajstić information content (AvgIpc) is 2.95. The molecule has 0 spiro atoms. The van der Waals surface area contributed by atoms with Crippen LogP contribution in [0.4, 0.5) is 0 Å². The molecule has 11 heteroatoms. The maximum atomic E-state index is 13.3. The number of carbonyl (C=O) groups is 4. The Balaban J connectivity index is 1.76. The van der Waals surface area contributed by atoms with Crippen molar-refractivity contribution in [1.29, 1.82) is 0 Å². The lowest BCUT2D eigenvalue weighted by Gasteiger charge is -2.27. The van der Waals surface area contributed by atoms with E-state index >= 15 is 0 Å². The van der Waals surface area contributed by atoms with Crippen molar-refractivity contribution in [3.05, 3.63) is 59.7 Å². The number of methoxy groups -OCH3 is 1. The largest absolute Gasteiger partial charge is 0.497 e. The van der Waals surface area contributed by atoms with Crippen LogP contribution in [-0.4, -0.2) is 74.2 Å². The van der Waals surface area contributed by atoms with Crippen LogP contribution in [0.3, 0.4) is 0 Å². The smallest absolute Gasteiger partial charge is 0.255 e. The minimum atomic E-state index is -1.20. The van der Waals surface area contributed by atoms with Crippen molar-refractivity contribution in [2.75, 3.05) is 26.9 Å². The molecule has 0 saturated carbocycles. The number of fused-ring (bicyclic) bond motifs is 1. The van der Waals surface area contributed by atoms with Gasteiger partial charge in [0.2, 0.25) is 17.7 Å². The van der Waals surface area contributed by atoms with Gasteiger partial charge in [-0.15, -0.1) is 0 Å². The van der Waals surface area contributed by atoms with Crippen molar-refractivity contribution in [2.45, 2.75) is 70.7 Å². The molecule has 0 unspecified atom stereocenters. The van der Waals surface area contributed by atoms with Gasteiger partial charge < -0.3 is 35.5 Å². The van der Waals surface area contributed by atoms with Crippen molar-refractivity contribution in [1.82, 2.24) is 21.3 Å². The fourth-order valence-electron chi connectivity index (χ4n) is 4.24. The lowest BCUT2D eigenvalue weighted by Crippen LogP contribution is -2.55. The summed E-state index contributed by atoms with van der Waals surface area (Å²) < 4.78 is 16.9. The fourth-order valence-corrected chi connectivity index (χ4v) is 4.24. The fraction of sp³-hybridized carbons (Fsp3) is 0.484. The first kappa shape index (κ1) is 32.4. The van der Waals surface area contributed by atoms with E-state index in [1.54, 1.807) is 38.3 Å².